The molecule has 164 valence electrons. The van der Waals surface area contributed by atoms with E-state index in [1.165, 1.54) is 6.92 Å². The first-order valence-electron chi connectivity index (χ1n) is 10.3. The van der Waals surface area contributed by atoms with E-state index in [-0.39, 0.29) is 5.91 Å². The molecule has 0 spiro atoms. The summed E-state index contributed by atoms with van der Waals surface area (Å²) in [6, 6.07) is 7.36. The van der Waals surface area contributed by atoms with Gasteiger partial charge in [-0.2, -0.15) is 20.1 Å². The van der Waals surface area contributed by atoms with Gasteiger partial charge in [-0.3, -0.25) is 4.79 Å². The van der Waals surface area contributed by atoms with E-state index in [4.69, 9.17) is 9.47 Å². The molecular weight excluding hydrogens is 400 g/mol. The van der Waals surface area contributed by atoms with Gasteiger partial charge < -0.3 is 24.6 Å². The van der Waals surface area contributed by atoms with Crippen LogP contribution in [0.2, 0.25) is 0 Å². The van der Waals surface area contributed by atoms with E-state index in [0.29, 0.717) is 44.3 Å². The molecule has 4 rings (SSSR count). The highest BCUT2D eigenvalue weighted by atomic mass is 16.5. The van der Waals surface area contributed by atoms with Crippen molar-refractivity contribution in [1.29, 1.82) is 0 Å². The highest BCUT2D eigenvalue weighted by Crippen LogP contribution is 2.18. The molecule has 11 nitrogen and oxygen atoms in total. The first kappa shape index (κ1) is 20.9. The van der Waals surface area contributed by atoms with Gasteiger partial charge in [-0.15, -0.1) is 0 Å². The molecule has 2 N–H and O–H groups in total. The minimum atomic E-state index is -0.106. The van der Waals surface area contributed by atoms with E-state index in [1.54, 1.807) is 6.21 Å². The smallest absolute Gasteiger partial charge is 0.250 e. The lowest BCUT2D eigenvalue weighted by Gasteiger charge is -2.30. The van der Waals surface area contributed by atoms with Crippen LogP contribution >= 0.6 is 0 Å². The molecule has 0 saturated carbocycles. The third-order valence-corrected chi connectivity index (χ3v) is 4.81. The normalized spacial score (nSPS) is 17.1. The van der Waals surface area contributed by atoms with E-state index in [2.05, 4.69) is 40.6 Å². The predicted octanol–water partition coefficient (Wildman–Crippen LogP) is 0.949. The van der Waals surface area contributed by atoms with Crippen LogP contribution in [0.4, 0.5) is 23.5 Å². The van der Waals surface area contributed by atoms with Gasteiger partial charge in [0, 0.05) is 38.8 Å². The second-order valence-electron chi connectivity index (χ2n) is 7.13. The summed E-state index contributed by atoms with van der Waals surface area (Å²) >= 11 is 0. The van der Waals surface area contributed by atoms with Crippen LogP contribution in [0, 0.1) is 0 Å². The van der Waals surface area contributed by atoms with E-state index < -0.39 is 0 Å². The predicted molar refractivity (Wildman–Crippen MR) is 118 cm³/mol. The number of aromatic nitrogens is 3. The lowest BCUT2D eigenvalue weighted by atomic mass is 10.2. The highest BCUT2D eigenvalue weighted by Gasteiger charge is 2.20. The second-order valence-corrected chi connectivity index (χ2v) is 7.13. The quantitative estimate of drug-likeness (QED) is 0.514. The number of hydrazone groups is 1. The number of ether oxygens (including phenoxy) is 2. The Labute approximate surface area is 180 Å². The van der Waals surface area contributed by atoms with Crippen LogP contribution in [0.3, 0.4) is 0 Å². The third-order valence-electron chi connectivity index (χ3n) is 4.81. The summed E-state index contributed by atoms with van der Waals surface area (Å²) < 4.78 is 10.9. The standard InChI is InChI=1S/C20H26N8O3/c1-15(29)22-17-4-2-16(3-5-17)14-21-26-18-23-19(27-6-10-30-11-7-27)25-20(24-18)28-8-12-31-13-9-28/h2-5,14H,6-13H2,1H3,(H,22,29)(H,23,24,25,26). The molecular formula is C20H26N8O3. The van der Waals surface area contributed by atoms with Crippen LogP contribution in [0.5, 0.6) is 0 Å². The number of nitrogens with one attached hydrogen (secondary N) is 2. The van der Waals surface area contributed by atoms with Crippen molar-refractivity contribution < 1.29 is 14.3 Å². The van der Waals surface area contributed by atoms with Crippen molar-refractivity contribution in [1.82, 2.24) is 15.0 Å². The van der Waals surface area contributed by atoms with E-state index in [1.807, 2.05) is 24.3 Å². The Bertz CT molecular complexity index is 873. The number of hydrogen-bond acceptors (Lipinski definition) is 10. The Morgan fingerprint density at radius 2 is 1.48 bits per heavy atom. The van der Waals surface area contributed by atoms with Crippen molar-refractivity contribution >= 4 is 35.7 Å². The topological polar surface area (TPSA) is 117 Å². The fourth-order valence-electron chi connectivity index (χ4n) is 3.23. The van der Waals surface area contributed by atoms with E-state index in [0.717, 1.165) is 37.4 Å². The fraction of sp³-hybridized carbons (Fsp3) is 0.450. The lowest BCUT2D eigenvalue weighted by molar-refractivity contribution is -0.114. The Morgan fingerprint density at radius 3 is 2.00 bits per heavy atom. The van der Waals surface area contributed by atoms with Crippen molar-refractivity contribution in [2.45, 2.75) is 6.92 Å². The molecule has 31 heavy (non-hydrogen) atoms. The zero-order chi connectivity index (χ0) is 21.5. The maximum Gasteiger partial charge on any atom is 0.250 e. The number of nitrogens with zero attached hydrogens (tertiary/aromatic N) is 6. The van der Waals surface area contributed by atoms with Gasteiger partial charge in [0.15, 0.2) is 0 Å². The van der Waals surface area contributed by atoms with E-state index >= 15 is 0 Å². The number of amides is 1. The zero-order valence-corrected chi connectivity index (χ0v) is 17.5. The van der Waals surface area contributed by atoms with Gasteiger partial charge in [-0.1, -0.05) is 12.1 Å². The number of morpholine rings is 2. The van der Waals surface area contributed by atoms with Gasteiger partial charge in [-0.25, -0.2) is 5.43 Å². The average Bonchev–Trinajstić information content (AvgIpc) is 2.81. The first-order valence-corrected chi connectivity index (χ1v) is 10.3. The zero-order valence-electron chi connectivity index (χ0n) is 17.5. The molecule has 1 aromatic carbocycles. The van der Waals surface area contributed by atoms with Crippen molar-refractivity contribution in [3.8, 4) is 0 Å². The minimum Gasteiger partial charge on any atom is -0.378 e. The van der Waals surface area contributed by atoms with Crippen LogP contribution in [-0.4, -0.2) is 79.7 Å². The molecule has 2 aliphatic heterocycles. The molecule has 0 aliphatic carbocycles. The van der Waals surface area contributed by atoms with Crippen molar-refractivity contribution in [3.63, 3.8) is 0 Å². The number of carbonyl (C=O) groups is 1. The van der Waals surface area contributed by atoms with E-state index in [9.17, 15) is 4.79 Å². The molecule has 0 unspecified atom stereocenters. The van der Waals surface area contributed by atoms with Crippen molar-refractivity contribution in [3.05, 3.63) is 29.8 Å². The summed E-state index contributed by atoms with van der Waals surface area (Å²) in [6.45, 7) is 6.99. The Balaban J connectivity index is 1.49. The average molecular weight is 426 g/mol. The lowest BCUT2D eigenvalue weighted by Crippen LogP contribution is -2.40. The number of anilines is 4. The maximum atomic E-state index is 11.1. The van der Waals surface area contributed by atoms with Gasteiger partial charge in [-0.05, 0) is 17.7 Å². The number of rotatable bonds is 6. The maximum absolute atomic E-state index is 11.1. The van der Waals surface area contributed by atoms with Crippen LogP contribution in [0.1, 0.15) is 12.5 Å². The molecule has 0 radical (unpaired) electrons. The molecule has 0 bridgehead atoms. The van der Waals surface area contributed by atoms with Gasteiger partial charge >= 0.3 is 0 Å². The van der Waals surface area contributed by atoms with Gasteiger partial charge in [0.25, 0.3) is 0 Å². The molecule has 1 aromatic heterocycles. The summed E-state index contributed by atoms with van der Waals surface area (Å²) in [6.07, 6.45) is 1.67. The minimum absolute atomic E-state index is 0.106. The number of benzene rings is 1. The Kier molecular flexibility index (Phi) is 6.85. The molecule has 0 atom stereocenters. The number of carbonyl (C=O) groups excluding carboxylic acids is 1. The van der Waals surface area contributed by atoms with Gasteiger partial charge in [0.05, 0.1) is 32.6 Å². The van der Waals surface area contributed by atoms with Crippen molar-refractivity contribution in [2.24, 2.45) is 5.10 Å². The molecule has 1 amide bonds. The largest absolute Gasteiger partial charge is 0.378 e. The van der Waals surface area contributed by atoms with Crippen LogP contribution in [0.15, 0.2) is 29.4 Å². The monoisotopic (exact) mass is 426 g/mol. The summed E-state index contributed by atoms with van der Waals surface area (Å²) in [4.78, 5) is 29.1. The Morgan fingerprint density at radius 1 is 0.935 bits per heavy atom. The molecule has 2 aromatic rings. The summed E-state index contributed by atoms with van der Waals surface area (Å²) in [5.41, 5.74) is 4.53. The van der Waals surface area contributed by atoms with Crippen LogP contribution in [0.25, 0.3) is 0 Å². The highest BCUT2D eigenvalue weighted by molar-refractivity contribution is 5.89. The van der Waals surface area contributed by atoms with Crippen LogP contribution < -0.4 is 20.5 Å². The summed E-state index contributed by atoms with van der Waals surface area (Å²) in [5, 5.41) is 7.01. The molecule has 11 heteroatoms. The molecule has 2 fully saturated rings. The van der Waals surface area contributed by atoms with Crippen molar-refractivity contribution in [2.75, 3.05) is 73.1 Å². The van der Waals surface area contributed by atoms with Gasteiger partial charge in [0.2, 0.25) is 23.8 Å². The third kappa shape index (κ3) is 5.86. The number of hydrogen-bond donors (Lipinski definition) is 2. The summed E-state index contributed by atoms with van der Waals surface area (Å²) in [7, 11) is 0. The van der Waals surface area contributed by atoms with Crippen LogP contribution in [-0.2, 0) is 14.3 Å². The molecule has 2 saturated heterocycles. The second kappa shape index (κ2) is 10.1. The molecule has 2 aliphatic rings. The fourth-order valence-corrected chi connectivity index (χ4v) is 3.23. The SMILES string of the molecule is CC(=O)Nc1ccc(C=NNc2nc(N3CCOCC3)nc(N3CCOCC3)n2)cc1. The van der Waals surface area contributed by atoms with Gasteiger partial charge in [0.1, 0.15) is 0 Å². The summed E-state index contributed by atoms with van der Waals surface area (Å²) in [5.74, 6) is 1.49. The Hall–Kier alpha value is -3.31. The first-order chi connectivity index (χ1) is 15.2. The molecule has 3 heterocycles.